The second kappa shape index (κ2) is 13.6. The normalized spacial score (nSPS) is 11.9. The van der Waals surface area contributed by atoms with Crippen LogP contribution in [0.3, 0.4) is 0 Å². The molecule has 0 saturated carbocycles. The number of para-hydroxylation sites is 2. The van der Waals surface area contributed by atoms with Crippen molar-refractivity contribution in [1.82, 2.24) is 19.5 Å². The molecule has 11 aromatic rings. The molecule has 0 aliphatic heterocycles. The third kappa shape index (κ3) is 5.45. The van der Waals surface area contributed by atoms with E-state index >= 15 is 0 Å². The van der Waals surface area contributed by atoms with E-state index in [4.69, 9.17) is 15.0 Å². The molecule has 0 N–H and O–H groups in total. The number of benzene rings is 8. The SMILES string of the molecule is c1ccc([Si](c2ccccc2)(c2ccccc2)c2ccc(-c3nc(-c4ccc5c(c4)sc4ccccc45)nc(-n4c5ccccc5c5ccccc54)n3)cc2)cc1. The molecule has 0 unspecified atom stereocenters. The monoisotopic (exact) mass is 762 g/mol. The van der Waals surface area contributed by atoms with Gasteiger partial charge in [0.1, 0.15) is 0 Å². The van der Waals surface area contributed by atoms with E-state index in [1.165, 1.54) is 40.9 Å². The summed E-state index contributed by atoms with van der Waals surface area (Å²) in [5, 5.41) is 10.1. The lowest BCUT2D eigenvalue weighted by molar-refractivity contribution is 0.954. The molecule has 3 heterocycles. The first kappa shape index (κ1) is 33.4. The van der Waals surface area contributed by atoms with Crippen molar-refractivity contribution < 1.29 is 0 Å². The number of rotatable bonds is 7. The van der Waals surface area contributed by atoms with E-state index in [0.29, 0.717) is 17.6 Å². The van der Waals surface area contributed by atoms with Gasteiger partial charge >= 0.3 is 0 Å². The predicted octanol–water partition coefficient (Wildman–Crippen LogP) is 10.0. The molecule has 0 amide bonds. The van der Waals surface area contributed by atoms with E-state index in [2.05, 4.69) is 211 Å². The van der Waals surface area contributed by atoms with Crippen LogP contribution in [0.2, 0.25) is 0 Å². The largest absolute Gasteiger partial charge is 0.278 e. The van der Waals surface area contributed by atoms with Gasteiger partial charge in [-0.3, -0.25) is 4.57 Å². The van der Waals surface area contributed by atoms with Crippen LogP contribution < -0.4 is 20.7 Å². The average molecular weight is 763 g/mol. The smallest absolute Gasteiger partial charge is 0.238 e. The number of hydrogen-bond donors (Lipinski definition) is 0. The van der Waals surface area contributed by atoms with E-state index in [0.717, 1.165) is 32.9 Å². The molecule has 0 spiro atoms. The molecule has 0 aliphatic rings. The van der Waals surface area contributed by atoms with Crippen LogP contribution >= 0.6 is 11.3 Å². The minimum Gasteiger partial charge on any atom is -0.278 e. The van der Waals surface area contributed by atoms with Gasteiger partial charge in [-0.25, -0.2) is 4.98 Å². The number of aromatic nitrogens is 4. The third-order valence-corrected chi connectivity index (χ3v) is 17.2. The molecule has 57 heavy (non-hydrogen) atoms. The van der Waals surface area contributed by atoms with Crippen LogP contribution in [0.5, 0.6) is 0 Å². The molecule has 0 atom stereocenters. The fourth-order valence-corrected chi connectivity index (χ4v) is 14.5. The number of thiophene rings is 1. The third-order valence-electron chi connectivity index (χ3n) is 11.2. The predicted molar refractivity (Wildman–Crippen MR) is 242 cm³/mol. The zero-order valence-corrected chi connectivity index (χ0v) is 32.6. The minimum atomic E-state index is -2.70. The number of fused-ring (bicyclic) bond motifs is 6. The first-order chi connectivity index (χ1) is 28.3. The maximum Gasteiger partial charge on any atom is 0.238 e. The standard InChI is InChI=1S/C51H34N4SSi/c1-4-16-37(17-5-1)57(38-18-6-2-7-19-38,39-20-8-3-9-21-39)40-31-28-35(29-32-40)49-52-50(36-30-33-44-43-24-12-15-27-47(43)56-48(44)34-36)54-51(53-49)55-45-25-13-10-22-41(45)42-23-11-14-26-46(42)55/h1-34H. The van der Waals surface area contributed by atoms with Gasteiger partial charge in [0.05, 0.1) is 11.0 Å². The number of hydrogen-bond acceptors (Lipinski definition) is 4. The summed E-state index contributed by atoms with van der Waals surface area (Å²) in [4.78, 5) is 15.8. The summed E-state index contributed by atoms with van der Waals surface area (Å²) in [6, 6.07) is 74.3. The molecule has 4 nitrogen and oxygen atoms in total. The van der Waals surface area contributed by atoms with Gasteiger partial charge < -0.3 is 0 Å². The fourth-order valence-electron chi connectivity index (χ4n) is 8.66. The molecular weight excluding hydrogens is 729 g/mol. The van der Waals surface area contributed by atoms with Gasteiger partial charge in [-0.1, -0.05) is 182 Å². The lowest BCUT2D eigenvalue weighted by Crippen LogP contribution is -2.74. The Morgan fingerprint density at radius 1 is 0.351 bits per heavy atom. The molecule has 6 heteroatoms. The molecule has 0 aliphatic carbocycles. The van der Waals surface area contributed by atoms with Crippen molar-refractivity contribution in [2.75, 3.05) is 0 Å². The fraction of sp³-hybridized carbons (Fsp3) is 0. The summed E-state index contributed by atoms with van der Waals surface area (Å²) in [7, 11) is -2.70. The topological polar surface area (TPSA) is 43.6 Å². The lowest BCUT2D eigenvalue weighted by atomic mass is 10.1. The van der Waals surface area contributed by atoms with E-state index in [1.54, 1.807) is 11.3 Å². The quantitative estimate of drug-likeness (QED) is 0.120. The van der Waals surface area contributed by atoms with Crippen LogP contribution in [0, 0.1) is 0 Å². The van der Waals surface area contributed by atoms with Crippen molar-refractivity contribution >= 4 is 82.1 Å². The van der Waals surface area contributed by atoms with Crippen LogP contribution in [0.25, 0.3) is 70.7 Å². The van der Waals surface area contributed by atoms with E-state index in [-0.39, 0.29) is 0 Å². The molecule has 0 saturated heterocycles. The summed E-state index contributed by atoms with van der Waals surface area (Å²) in [5.74, 6) is 1.86. The Kier molecular flexibility index (Phi) is 7.98. The Morgan fingerprint density at radius 2 is 0.789 bits per heavy atom. The van der Waals surface area contributed by atoms with Crippen molar-refractivity contribution in [3.05, 3.63) is 206 Å². The zero-order chi connectivity index (χ0) is 37.8. The van der Waals surface area contributed by atoms with Gasteiger partial charge in [0.25, 0.3) is 0 Å². The van der Waals surface area contributed by atoms with Crippen molar-refractivity contribution in [2.24, 2.45) is 0 Å². The van der Waals surface area contributed by atoms with E-state index in [1.807, 2.05) is 0 Å². The zero-order valence-electron chi connectivity index (χ0n) is 30.8. The van der Waals surface area contributed by atoms with Gasteiger partial charge in [0.2, 0.25) is 5.95 Å². The van der Waals surface area contributed by atoms with E-state index in [9.17, 15) is 0 Å². The van der Waals surface area contributed by atoms with Crippen molar-refractivity contribution in [1.29, 1.82) is 0 Å². The van der Waals surface area contributed by atoms with Crippen LogP contribution in [0.1, 0.15) is 0 Å². The van der Waals surface area contributed by atoms with Gasteiger partial charge in [-0.15, -0.1) is 11.3 Å². The van der Waals surface area contributed by atoms with Gasteiger partial charge in [0.15, 0.2) is 19.7 Å². The summed E-state index contributed by atoms with van der Waals surface area (Å²) in [5.41, 5.74) is 4.01. The highest BCUT2D eigenvalue weighted by Crippen LogP contribution is 2.37. The van der Waals surface area contributed by atoms with Crippen LogP contribution in [-0.2, 0) is 0 Å². The molecule has 0 fully saturated rings. The maximum atomic E-state index is 5.29. The number of nitrogens with zero attached hydrogens (tertiary/aromatic N) is 4. The maximum absolute atomic E-state index is 5.29. The Balaban J connectivity index is 1.13. The first-order valence-corrected chi connectivity index (χ1v) is 22.0. The van der Waals surface area contributed by atoms with Crippen LogP contribution in [0.15, 0.2) is 206 Å². The summed E-state index contributed by atoms with van der Waals surface area (Å²) in [6.07, 6.45) is 0. The molecular formula is C51H34N4SSi. The second-order valence-electron chi connectivity index (χ2n) is 14.4. The molecule has 0 bridgehead atoms. The van der Waals surface area contributed by atoms with Gasteiger partial charge in [0, 0.05) is 42.1 Å². The Labute approximate surface area is 335 Å². The molecule has 3 aromatic heterocycles. The molecule has 0 radical (unpaired) electrons. The van der Waals surface area contributed by atoms with Crippen LogP contribution in [0.4, 0.5) is 0 Å². The Morgan fingerprint density at radius 3 is 1.37 bits per heavy atom. The summed E-state index contributed by atoms with van der Waals surface area (Å²) < 4.78 is 4.67. The Bertz CT molecular complexity index is 3080. The van der Waals surface area contributed by atoms with E-state index < -0.39 is 8.07 Å². The second-order valence-corrected chi connectivity index (χ2v) is 19.3. The lowest BCUT2D eigenvalue weighted by Gasteiger charge is -2.34. The minimum absolute atomic E-state index is 0.592. The highest BCUT2D eigenvalue weighted by Gasteiger charge is 2.41. The van der Waals surface area contributed by atoms with Gasteiger partial charge in [-0.05, 0) is 45.0 Å². The van der Waals surface area contributed by atoms with Crippen molar-refractivity contribution in [3.8, 4) is 28.7 Å². The Hall–Kier alpha value is -6.99. The molecule has 268 valence electrons. The average Bonchev–Trinajstić information content (AvgIpc) is 3.83. The molecule has 11 rings (SSSR count). The molecule has 8 aromatic carbocycles. The highest BCUT2D eigenvalue weighted by atomic mass is 32.1. The summed E-state index contributed by atoms with van der Waals surface area (Å²) >= 11 is 1.80. The first-order valence-electron chi connectivity index (χ1n) is 19.2. The van der Waals surface area contributed by atoms with Crippen molar-refractivity contribution in [2.45, 2.75) is 0 Å². The van der Waals surface area contributed by atoms with Crippen molar-refractivity contribution in [3.63, 3.8) is 0 Å². The van der Waals surface area contributed by atoms with Gasteiger partial charge in [-0.2, -0.15) is 9.97 Å². The van der Waals surface area contributed by atoms with Crippen LogP contribution in [-0.4, -0.2) is 27.6 Å². The summed E-state index contributed by atoms with van der Waals surface area (Å²) in [6.45, 7) is 0. The highest BCUT2D eigenvalue weighted by molar-refractivity contribution is 7.25.